The molecule has 0 spiro atoms. The van der Waals surface area contributed by atoms with Gasteiger partial charge in [-0.3, -0.25) is 9.59 Å². The van der Waals surface area contributed by atoms with E-state index in [-0.39, 0.29) is 35.1 Å². The summed E-state index contributed by atoms with van der Waals surface area (Å²) >= 11 is 0. The van der Waals surface area contributed by atoms with Crippen LogP contribution in [0.15, 0.2) is 36.4 Å². The molecule has 1 aromatic carbocycles. The molecule has 1 atom stereocenters. The van der Waals surface area contributed by atoms with Gasteiger partial charge in [0, 0.05) is 31.0 Å². The van der Waals surface area contributed by atoms with Crippen LogP contribution in [0.4, 0.5) is 5.82 Å². The summed E-state index contributed by atoms with van der Waals surface area (Å²) in [5, 5.41) is 7.78. The van der Waals surface area contributed by atoms with Crippen LogP contribution in [0.3, 0.4) is 0 Å². The van der Waals surface area contributed by atoms with Crippen molar-refractivity contribution in [2.45, 2.75) is 65.5 Å². The number of anilines is 1. The summed E-state index contributed by atoms with van der Waals surface area (Å²) < 4.78 is 1.87. The van der Waals surface area contributed by atoms with Gasteiger partial charge >= 0.3 is 0 Å². The van der Waals surface area contributed by atoms with Gasteiger partial charge in [-0.1, -0.05) is 51.1 Å². The third-order valence-electron chi connectivity index (χ3n) is 5.17. The lowest BCUT2D eigenvalue weighted by molar-refractivity contribution is -0.128. The van der Waals surface area contributed by atoms with E-state index in [1.165, 1.54) is 0 Å². The first-order valence-corrected chi connectivity index (χ1v) is 10.2. The van der Waals surface area contributed by atoms with Gasteiger partial charge in [0.2, 0.25) is 11.8 Å². The Balaban J connectivity index is 1.74. The summed E-state index contributed by atoms with van der Waals surface area (Å²) in [6, 6.07) is 11.8. The zero-order valence-electron chi connectivity index (χ0n) is 18.3. The molecule has 1 saturated heterocycles. The Morgan fingerprint density at radius 1 is 1.14 bits per heavy atom. The number of carbonyl (C=O) groups excluding carboxylic acids is 2. The monoisotopic (exact) mass is 396 g/mol. The van der Waals surface area contributed by atoms with Gasteiger partial charge in [-0.05, 0) is 26.3 Å². The summed E-state index contributed by atoms with van der Waals surface area (Å²) in [5.41, 5.74) is 1.61. The number of nitrogens with zero attached hydrogens (tertiary/aromatic N) is 3. The fourth-order valence-corrected chi connectivity index (χ4v) is 3.48. The van der Waals surface area contributed by atoms with Crippen LogP contribution in [0.2, 0.25) is 0 Å². The molecule has 0 radical (unpaired) electrons. The van der Waals surface area contributed by atoms with E-state index in [0.29, 0.717) is 18.9 Å². The second-order valence-corrected chi connectivity index (χ2v) is 9.90. The topological polar surface area (TPSA) is 67.2 Å². The van der Waals surface area contributed by atoms with Crippen LogP contribution >= 0.6 is 0 Å². The number of benzene rings is 1. The predicted molar refractivity (Wildman–Crippen MR) is 115 cm³/mol. The van der Waals surface area contributed by atoms with Crippen LogP contribution < -0.4 is 5.32 Å². The second-order valence-electron chi connectivity index (χ2n) is 9.90. The predicted octanol–water partition coefficient (Wildman–Crippen LogP) is 3.92. The lowest BCUT2D eigenvalue weighted by atomic mass is 9.92. The first kappa shape index (κ1) is 21.1. The lowest BCUT2D eigenvalue weighted by Gasteiger charge is -2.23. The number of nitrogens with one attached hydrogen (secondary N) is 1. The fourth-order valence-electron chi connectivity index (χ4n) is 3.48. The molecule has 1 unspecified atom stereocenters. The molecule has 156 valence electrons. The van der Waals surface area contributed by atoms with Crippen molar-refractivity contribution in [1.82, 2.24) is 14.7 Å². The normalized spacial score (nSPS) is 17.7. The molecule has 2 amide bonds. The van der Waals surface area contributed by atoms with Crippen LogP contribution in [0.25, 0.3) is 0 Å². The number of aromatic nitrogens is 2. The maximum Gasteiger partial charge on any atom is 0.230 e. The molecule has 6 heteroatoms. The first-order chi connectivity index (χ1) is 13.4. The van der Waals surface area contributed by atoms with Gasteiger partial charge in [0.05, 0.1) is 17.2 Å². The molecule has 29 heavy (non-hydrogen) atoms. The second kappa shape index (κ2) is 7.65. The highest BCUT2D eigenvalue weighted by Gasteiger charge is 2.35. The van der Waals surface area contributed by atoms with Crippen LogP contribution in [0.5, 0.6) is 0 Å². The van der Waals surface area contributed by atoms with Gasteiger partial charge in [0.25, 0.3) is 0 Å². The molecule has 3 rings (SSSR count). The lowest BCUT2D eigenvalue weighted by Crippen LogP contribution is -2.31. The highest BCUT2D eigenvalue weighted by molar-refractivity contribution is 5.96. The molecule has 1 N–H and O–H groups in total. The zero-order chi connectivity index (χ0) is 21.4. The van der Waals surface area contributed by atoms with Gasteiger partial charge in [0.1, 0.15) is 5.82 Å². The standard InChI is InChI=1S/C23H32N4O2/c1-22(2,3)18-13-19(27(25-18)23(4,5)6)24-21(29)17-12-20(28)26(15-17)14-16-10-8-7-9-11-16/h7-11,13,17H,12,14-15H2,1-6H3,(H,24,29). The Morgan fingerprint density at radius 2 is 1.79 bits per heavy atom. The van der Waals surface area contributed by atoms with Gasteiger partial charge < -0.3 is 10.2 Å². The summed E-state index contributed by atoms with van der Waals surface area (Å²) in [7, 11) is 0. The van der Waals surface area contributed by atoms with Crippen molar-refractivity contribution in [3.8, 4) is 0 Å². The van der Waals surface area contributed by atoms with E-state index in [1.807, 2.05) is 41.1 Å². The van der Waals surface area contributed by atoms with Crippen molar-refractivity contribution in [2.75, 3.05) is 11.9 Å². The minimum absolute atomic E-state index is 0.0220. The van der Waals surface area contributed by atoms with Crippen LogP contribution in [-0.4, -0.2) is 33.0 Å². The molecule has 2 heterocycles. The maximum absolute atomic E-state index is 13.0. The largest absolute Gasteiger partial charge is 0.338 e. The molecular formula is C23H32N4O2. The van der Waals surface area contributed by atoms with Crippen LogP contribution in [-0.2, 0) is 27.1 Å². The van der Waals surface area contributed by atoms with Crippen molar-refractivity contribution >= 4 is 17.6 Å². The van der Waals surface area contributed by atoms with Gasteiger partial charge in [-0.25, -0.2) is 4.68 Å². The van der Waals surface area contributed by atoms with E-state index in [9.17, 15) is 9.59 Å². The molecule has 1 aromatic heterocycles. The summed E-state index contributed by atoms with van der Waals surface area (Å²) in [6.45, 7) is 13.5. The molecule has 6 nitrogen and oxygen atoms in total. The van der Waals surface area contributed by atoms with Crippen molar-refractivity contribution in [3.05, 3.63) is 47.7 Å². The molecule has 2 aromatic rings. The number of amides is 2. The minimum atomic E-state index is -0.354. The Hall–Kier alpha value is -2.63. The third-order valence-corrected chi connectivity index (χ3v) is 5.17. The van der Waals surface area contributed by atoms with E-state index in [0.717, 1.165) is 11.3 Å². The Kier molecular flexibility index (Phi) is 5.57. The molecule has 0 bridgehead atoms. The van der Waals surface area contributed by atoms with Crippen molar-refractivity contribution in [2.24, 2.45) is 5.92 Å². The average molecular weight is 397 g/mol. The molecule has 1 fully saturated rings. The van der Waals surface area contributed by atoms with Crippen molar-refractivity contribution in [3.63, 3.8) is 0 Å². The van der Waals surface area contributed by atoms with E-state index < -0.39 is 0 Å². The Bertz CT molecular complexity index is 888. The van der Waals surface area contributed by atoms with Crippen LogP contribution in [0.1, 0.15) is 59.2 Å². The number of rotatable bonds is 4. The van der Waals surface area contributed by atoms with E-state index in [1.54, 1.807) is 4.90 Å². The highest BCUT2D eigenvalue weighted by atomic mass is 16.2. The summed E-state index contributed by atoms with van der Waals surface area (Å²) in [6.07, 6.45) is 0.244. The Morgan fingerprint density at radius 3 is 2.38 bits per heavy atom. The van der Waals surface area contributed by atoms with Crippen molar-refractivity contribution < 1.29 is 9.59 Å². The van der Waals surface area contributed by atoms with E-state index in [4.69, 9.17) is 5.10 Å². The molecule has 1 aliphatic rings. The molecule has 1 aliphatic heterocycles. The maximum atomic E-state index is 13.0. The van der Waals surface area contributed by atoms with E-state index >= 15 is 0 Å². The number of likely N-dealkylation sites (tertiary alicyclic amines) is 1. The number of carbonyl (C=O) groups is 2. The van der Waals surface area contributed by atoms with Crippen molar-refractivity contribution in [1.29, 1.82) is 0 Å². The quantitative estimate of drug-likeness (QED) is 0.852. The molecular weight excluding hydrogens is 364 g/mol. The average Bonchev–Trinajstić information content (AvgIpc) is 3.20. The summed E-state index contributed by atoms with van der Waals surface area (Å²) in [5.74, 6) is 0.225. The number of hydrogen-bond donors (Lipinski definition) is 1. The van der Waals surface area contributed by atoms with Gasteiger partial charge in [-0.15, -0.1) is 0 Å². The summed E-state index contributed by atoms with van der Waals surface area (Å²) in [4.78, 5) is 27.2. The van der Waals surface area contributed by atoms with Gasteiger partial charge in [-0.2, -0.15) is 5.10 Å². The molecule has 0 aliphatic carbocycles. The fraction of sp³-hybridized carbons (Fsp3) is 0.522. The van der Waals surface area contributed by atoms with E-state index in [2.05, 4.69) is 46.9 Å². The number of hydrogen-bond acceptors (Lipinski definition) is 3. The van der Waals surface area contributed by atoms with Crippen LogP contribution in [0, 0.1) is 5.92 Å². The Labute approximate surface area is 173 Å². The first-order valence-electron chi connectivity index (χ1n) is 10.2. The smallest absolute Gasteiger partial charge is 0.230 e. The minimum Gasteiger partial charge on any atom is -0.338 e. The third kappa shape index (κ3) is 4.86. The SMILES string of the molecule is CC(C)(C)c1cc(NC(=O)C2CC(=O)N(Cc3ccccc3)C2)n(C(C)(C)C)n1. The molecule has 0 saturated carbocycles. The van der Waals surface area contributed by atoms with Gasteiger partial charge in [0.15, 0.2) is 0 Å². The highest BCUT2D eigenvalue weighted by Crippen LogP contribution is 2.29. The zero-order valence-corrected chi connectivity index (χ0v) is 18.3.